The van der Waals surface area contributed by atoms with Crippen LogP contribution in [0, 0.1) is 6.92 Å². The van der Waals surface area contributed by atoms with E-state index in [4.69, 9.17) is 23.7 Å². The Labute approximate surface area is 295 Å². The lowest BCUT2D eigenvalue weighted by molar-refractivity contribution is 0.302. The van der Waals surface area contributed by atoms with Crippen molar-refractivity contribution < 1.29 is 23.7 Å². The Morgan fingerprint density at radius 3 is 1.46 bits per heavy atom. The molecule has 272 valence electrons. The second-order valence-electron chi connectivity index (χ2n) is 14.1. The third-order valence-corrected chi connectivity index (χ3v) is 9.06. The topological polar surface area (TPSA) is 49.5 Å². The molecule has 0 amide bonds. The summed E-state index contributed by atoms with van der Waals surface area (Å²) in [4.78, 5) is 0. The van der Waals surface area contributed by atoms with Crippen LogP contribution in [0.2, 0.25) is 0 Å². The number of rotatable bonds is 20. The monoisotopic (exact) mass is 667 g/mol. The summed E-state index contributed by atoms with van der Waals surface area (Å²) in [5.41, 5.74) is 9.47. The number of hydrogen-bond donors (Lipinski definition) is 0. The van der Waals surface area contributed by atoms with Gasteiger partial charge in [0.1, 0.15) is 0 Å². The van der Waals surface area contributed by atoms with Crippen molar-refractivity contribution in [2.24, 2.45) is 0 Å². The Morgan fingerprint density at radius 1 is 0.604 bits per heavy atom. The summed E-state index contributed by atoms with van der Waals surface area (Å²) < 4.78 is 28.0. The first-order chi connectivity index (χ1) is 22.8. The van der Waals surface area contributed by atoms with Crippen LogP contribution in [-0.4, -0.2) is 40.1 Å². The largest absolute Gasteiger partial charge is 0.492 e. The molecule has 1 aromatic carbocycles. The molecule has 1 unspecified atom stereocenters. The lowest BCUT2D eigenvalue weighted by Gasteiger charge is -2.21. The molecule has 0 bridgehead atoms. The van der Waals surface area contributed by atoms with E-state index in [2.05, 4.69) is 92.7 Å². The molecule has 0 aromatic heterocycles. The Kier molecular flexibility index (Phi) is 20.4. The lowest BCUT2D eigenvalue weighted by atomic mass is 9.99. The maximum Gasteiger partial charge on any atom is 0.207 e. The summed E-state index contributed by atoms with van der Waals surface area (Å²) in [7, 11) is 6.53. The van der Waals surface area contributed by atoms with Crippen LogP contribution in [0.15, 0.2) is 58.2 Å². The lowest BCUT2D eigenvalue weighted by Crippen LogP contribution is -2.04. The second kappa shape index (κ2) is 22.7. The van der Waals surface area contributed by atoms with Gasteiger partial charge in [-0.15, -0.1) is 0 Å². The number of ether oxygens (including phenoxy) is 5. The minimum Gasteiger partial charge on any atom is -0.492 e. The normalized spacial score (nSPS) is 16.2. The van der Waals surface area contributed by atoms with Gasteiger partial charge in [-0.3, -0.25) is 0 Å². The van der Waals surface area contributed by atoms with Crippen LogP contribution in [0.25, 0.3) is 0 Å². The minimum absolute atomic E-state index is 0.153. The Balaban J connectivity index is 0.000000544. The van der Waals surface area contributed by atoms with Crippen molar-refractivity contribution in [1.29, 1.82) is 0 Å². The fourth-order valence-electron chi connectivity index (χ4n) is 5.75. The predicted octanol–water partition coefficient (Wildman–Crippen LogP) is 12.4. The van der Waals surface area contributed by atoms with Crippen molar-refractivity contribution in [1.82, 2.24) is 0 Å². The van der Waals surface area contributed by atoms with E-state index in [0.717, 1.165) is 43.2 Å². The number of unbranched alkanes of at least 4 members (excludes halogenated alkanes) is 1. The fraction of sp³-hybridized carbons (Fsp3) is 0.628. The molecular formula is C43H70O5. The first-order valence-electron chi connectivity index (χ1n) is 18.0. The Bertz CT molecular complexity index is 1270. The smallest absolute Gasteiger partial charge is 0.207 e. The molecule has 0 aliphatic carbocycles. The van der Waals surface area contributed by atoms with E-state index in [1.165, 1.54) is 66.4 Å². The van der Waals surface area contributed by atoms with Crippen molar-refractivity contribution in [3.63, 3.8) is 0 Å². The van der Waals surface area contributed by atoms with Crippen LogP contribution in [0.3, 0.4) is 0 Å². The van der Waals surface area contributed by atoms with Gasteiger partial charge >= 0.3 is 0 Å². The molecule has 1 aromatic rings. The third kappa shape index (κ3) is 15.5. The van der Waals surface area contributed by atoms with Gasteiger partial charge in [-0.25, -0.2) is 0 Å². The van der Waals surface area contributed by atoms with Crippen molar-refractivity contribution in [2.75, 3.05) is 28.4 Å². The van der Waals surface area contributed by atoms with E-state index in [-0.39, 0.29) is 5.60 Å². The number of hydrogen-bond acceptors (Lipinski definition) is 5. The van der Waals surface area contributed by atoms with Gasteiger partial charge in [-0.05, 0) is 127 Å². The first-order valence-corrected chi connectivity index (χ1v) is 18.0. The quantitative estimate of drug-likeness (QED) is 0.102. The number of allylic oxidation sites excluding steroid dienone is 10. The molecule has 1 atom stereocenters. The average molecular weight is 667 g/mol. The van der Waals surface area contributed by atoms with Gasteiger partial charge < -0.3 is 23.7 Å². The molecule has 0 N–H and O–H groups in total. The molecule has 1 fully saturated rings. The van der Waals surface area contributed by atoms with Crippen molar-refractivity contribution in [3.8, 4) is 23.0 Å². The van der Waals surface area contributed by atoms with Gasteiger partial charge in [0.25, 0.3) is 0 Å². The Morgan fingerprint density at radius 2 is 1.02 bits per heavy atom. The van der Waals surface area contributed by atoms with Crippen LogP contribution in [-0.2, 0) is 11.2 Å². The molecule has 5 heteroatoms. The Hall–Kier alpha value is -2.92. The van der Waals surface area contributed by atoms with Crippen molar-refractivity contribution >= 4 is 0 Å². The number of methoxy groups -OCH3 is 4. The first kappa shape index (κ1) is 43.1. The molecule has 48 heavy (non-hydrogen) atoms. The van der Waals surface area contributed by atoms with E-state index >= 15 is 0 Å². The standard InChI is InChI=1S/C26H40O4.C17H30O/c1-18(2)12-10-13-19(3)14-11-15-20(4)16-17-22-21(5)23(27-6)25(29-8)26(30-9)24(22)28-7;1-6-7-9-14(2)10-8-11-15(3)12-13-16-17(4,5)18-16/h12,14,16H,10-11,13,15,17H2,1-9H3;9,11,16H,6-8,10,12-13H2,1-5H3/b19-14+,20-16+;14-9+,15-11+. The van der Waals surface area contributed by atoms with Crippen LogP contribution in [0.5, 0.6) is 23.0 Å². The van der Waals surface area contributed by atoms with Crippen molar-refractivity contribution in [3.05, 3.63) is 69.4 Å². The van der Waals surface area contributed by atoms with Gasteiger partial charge in [0.15, 0.2) is 11.5 Å². The fourth-order valence-corrected chi connectivity index (χ4v) is 5.75. The summed E-state index contributed by atoms with van der Waals surface area (Å²) in [6, 6.07) is 0. The molecule has 1 heterocycles. The summed E-state index contributed by atoms with van der Waals surface area (Å²) in [5.74, 6) is 2.52. The maximum absolute atomic E-state index is 5.69. The molecule has 1 saturated heterocycles. The summed E-state index contributed by atoms with van der Waals surface area (Å²) in [6.45, 7) is 21.8. The zero-order valence-corrected chi connectivity index (χ0v) is 33.3. The maximum atomic E-state index is 5.69. The minimum atomic E-state index is 0.153. The molecule has 0 radical (unpaired) electrons. The molecule has 1 aliphatic heterocycles. The average Bonchev–Trinajstić information content (AvgIpc) is 3.67. The van der Waals surface area contributed by atoms with E-state index < -0.39 is 0 Å². The zero-order chi connectivity index (χ0) is 36.3. The van der Waals surface area contributed by atoms with Crippen molar-refractivity contribution in [2.45, 2.75) is 152 Å². The van der Waals surface area contributed by atoms with Gasteiger partial charge in [-0.2, -0.15) is 0 Å². The van der Waals surface area contributed by atoms with E-state index in [0.29, 0.717) is 29.1 Å². The van der Waals surface area contributed by atoms with Gasteiger partial charge in [0, 0.05) is 11.1 Å². The summed E-state index contributed by atoms with van der Waals surface area (Å²) >= 11 is 0. The molecule has 0 saturated carbocycles. The molecule has 1 aliphatic rings. The van der Waals surface area contributed by atoms with Gasteiger partial charge in [0.2, 0.25) is 11.5 Å². The summed E-state index contributed by atoms with van der Waals surface area (Å²) in [6.07, 6.45) is 24.6. The van der Waals surface area contributed by atoms with Gasteiger partial charge in [0.05, 0.1) is 40.1 Å². The van der Waals surface area contributed by atoms with Crippen LogP contribution in [0.4, 0.5) is 0 Å². The summed E-state index contributed by atoms with van der Waals surface area (Å²) in [5, 5.41) is 0. The van der Waals surface area contributed by atoms with Crippen LogP contribution in [0.1, 0.15) is 138 Å². The highest BCUT2D eigenvalue weighted by atomic mass is 16.6. The zero-order valence-electron chi connectivity index (χ0n) is 33.3. The SMILES string of the molecule is CCC/C=C(\C)CC/C=C(\C)CCC1OC1(C)C.COc1c(C)c(C/C=C(\C)CC/C=C(\C)CCC=C(C)C)c(OC)c(OC)c1OC. The van der Waals surface area contributed by atoms with Crippen LogP contribution < -0.4 is 18.9 Å². The van der Waals surface area contributed by atoms with Crippen LogP contribution >= 0.6 is 0 Å². The predicted molar refractivity (Wildman–Crippen MR) is 206 cm³/mol. The molecular weight excluding hydrogens is 596 g/mol. The van der Waals surface area contributed by atoms with Gasteiger partial charge in [-0.1, -0.05) is 71.6 Å². The highest BCUT2D eigenvalue weighted by Gasteiger charge is 2.46. The third-order valence-electron chi connectivity index (χ3n) is 9.06. The molecule has 0 spiro atoms. The number of epoxide rings is 1. The van der Waals surface area contributed by atoms with E-state index in [1.54, 1.807) is 28.4 Å². The number of benzene rings is 1. The molecule has 2 rings (SSSR count). The van der Waals surface area contributed by atoms with E-state index in [1.807, 2.05) is 6.92 Å². The highest BCUT2D eigenvalue weighted by molar-refractivity contribution is 5.67. The highest BCUT2D eigenvalue weighted by Crippen LogP contribution is 2.49. The second-order valence-corrected chi connectivity index (χ2v) is 14.1. The molecule has 5 nitrogen and oxygen atoms in total. The van der Waals surface area contributed by atoms with E-state index in [9.17, 15) is 0 Å².